The quantitative estimate of drug-likeness (QED) is 0.560. The van der Waals surface area contributed by atoms with Gasteiger partial charge < -0.3 is 15.2 Å². The zero-order valence-corrected chi connectivity index (χ0v) is 14.5. The average molecular weight is 355 g/mol. The van der Waals surface area contributed by atoms with Crippen LogP contribution in [-0.2, 0) is 25.5 Å². The molecule has 6 nitrogen and oxygen atoms in total. The van der Waals surface area contributed by atoms with E-state index in [4.69, 9.17) is 4.74 Å². The van der Waals surface area contributed by atoms with Gasteiger partial charge in [-0.3, -0.25) is 4.79 Å². The van der Waals surface area contributed by atoms with Crippen LogP contribution in [0.5, 0.6) is 0 Å². The third kappa shape index (κ3) is 5.73. The fourth-order valence-corrected chi connectivity index (χ4v) is 2.49. The van der Waals surface area contributed by atoms with E-state index < -0.39 is 23.9 Å². The molecule has 2 aromatic rings. The highest BCUT2D eigenvalue weighted by Gasteiger charge is 2.18. The highest BCUT2D eigenvalue weighted by atomic mass is 16.5. The van der Waals surface area contributed by atoms with E-state index in [1.54, 1.807) is 6.92 Å². The molecule has 2 aromatic carbocycles. The molecule has 0 aliphatic heterocycles. The van der Waals surface area contributed by atoms with Crippen LogP contribution in [0.25, 0.3) is 10.8 Å². The van der Waals surface area contributed by atoms with E-state index in [0.29, 0.717) is 0 Å². The van der Waals surface area contributed by atoms with Crippen LogP contribution in [0.1, 0.15) is 18.9 Å². The van der Waals surface area contributed by atoms with Crippen LogP contribution in [0.2, 0.25) is 0 Å². The summed E-state index contributed by atoms with van der Waals surface area (Å²) in [5.74, 6) is -2.10. The Labute approximate surface area is 151 Å². The van der Waals surface area contributed by atoms with Gasteiger partial charge in [-0.15, -0.1) is 0 Å². The van der Waals surface area contributed by atoms with Gasteiger partial charge in [-0.1, -0.05) is 48.5 Å². The molecule has 0 saturated carbocycles. The number of carboxylic acid groups (broad SMARTS) is 1. The van der Waals surface area contributed by atoms with Crippen molar-refractivity contribution in [2.24, 2.45) is 0 Å². The third-order valence-electron chi connectivity index (χ3n) is 3.72. The summed E-state index contributed by atoms with van der Waals surface area (Å²) in [5.41, 5.74) is 0.799. The van der Waals surface area contributed by atoms with Gasteiger partial charge in [0.2, 0.25) is 5.91 Å². The number of hydrogen-bond donors (Lipinski definition) is 2. The number of esters is 1. The average Bonchev–Trinajstić information content (AvgIpc) is 2.61. The van der Waals surface area contributed by atoms with Gasteiger partial charge in [-0.05, 0) is 29.7 Å². The molecular formula is C20H21NO5. The fraction of sp³-hybridized carbons (Fsp3) is 0.250. The minimum absolute atomic E-state index is 0.00237. The lowest BCUT2D eigenvalue weighted by Gasteiger charge is -2.13. The number of carboxylic acids is 1. The highest BCUT2D eigenvalue weighted by molar-refractivity contribution is 5.87. The van der Waals surface area contributed by atoms with E-state index in [0.717, 1.165) is 22.4 Å². The predicted octanol–water partition coefficient (Wildman–Crippen LogP) is 2.46. The van der Waals surface area contributed by atoms with Crippen LogP contribution in [-0.4, -0.2) is 35.6 Å². The zero-order valence-electron chi connectivity index (χ0n) is 14.5. The van der Waals surface area contributed by atoms with Crippen molar-refractivity contribution in [2.45, 2.75) is 25.8 Å². The molecule has 0 saturated heterocycles. The zero-order chi connectivity index (χ0) is 18.9. The Morgan fingerprint density at radius 3 is 2.58 bits per heavy atom. The van der Waals surface area contributed by atoms with Crippen molar-refractivity contribution in [3.05, 3.63) is 60.2 Å². The molecular weight excluding hydrogens is 334 g/mol. The van der Waals surface area contributed by atoms with E-state index in [2.05, 4.69) is 5.32 Å². The number of ether oxygens (including phenoxy) is 1. The molecule has 26 heavy (non-hydrogen) atoms. The Kier molecular flexibility index (Phi) is 6.91. The van der Waals surface area contributed by atoms with E-state index in [1.165, 1.54) is 6.08 Å². The van der Waals surface area contributed by atoms with Gasteiger partial charge in [-0.25, -0.2) is 9.59 Å². The summed E-state index contributed by atoms with van der Waals surface area (Å²) in [6.45, 7) is 1.92. The molecule has 0 heterocycles. The lowest BCUT2D eigenvalue weighted by Crippen LogP contribution is -2.41. The second-order valence-corrected chi connectivity index (χ2v) is 5.71. The largest absolute Gasteiger partial charge is 0.480 e. The molecule has 0 unspecified atom stereocenters. The summed E-state index contributed by atoms with van der Waals surface area (Å²) < 4.78 is 4.72. The molecule has 2 N–H and O–H groups in total. The smallest absolute Gasteiger partial charge is 0.330 e. The number of amides is 1. The van der Waals surface area contributed by atoms with Crippen LogP contribution in [0.4, 0.5) is 0 Å². The van der Waals surface area contributed by atoms with Gasteiger partial charge in [0.25, 0.3) is 0 Å². The third-order valence-corrected chi connectivity index (χ3v) is 3.72. The molecule has 0 radical (unpaired) electrons. The molecule has 0 aliphatic carbocycles. The van der Waals surface area contributed by atoms with Gasteiger partial charge in [-0.2, -0.15) is 0 Å². The van der Waals surface area contributed by atoms with Gasteiger partial charge in [0.1, 0.15) is 6.04 Å². The second-order valence-electron chi connectivity index (χ2n) is 5.71. The Balaban J connectivity index is 1.95. The van der Waals surface area contributed by atoms with Crippen LogP contribution in [0.3, 0.4) is 0 Å². The van der Waals surface area contributed by atoms with Gasteiger partial charge >= 0.3 is 11.9 Å². The maximum atomic E-state index is 12.2. The first-order valence-corrected chi connectivity index (χ1v) is 8.32. The number of nitrogens with one attached hydrogen (secondary N) is 1. The monoisotopic (exact) mass is 355 g/mol. The van der Waals surface area contributed by atoms with Crippen LogP contribution >= 0.6 is 0 Å². The van der Waals surface area contributed by atoms with Crippen LogP contribution in [0, 0.1) is 0 Å². The Bertz CT molecular complexity index is 828. The van der Waals surface area contributed by atoms with Gasteiger partial charge in [0, 0.05) is 6.08 Å². The lowest BCUT2D eigenvalue weighted by atomic mass is 10.0. The fourth-order valence-electron chi connectivity index (χ4n) is 2.49. The molecule has 0 aromatic heterocycles. The molecule has 0 aliphatic rings. The molecule has 1 atom stereocenters. The number of carbonyl (C=O) groups is 3. The minimum Gasteiger partial charge on any atom is -0.480 e. The molecule has 136 valence electrons. The van der Waals surface area contributed by atoms with E-state index >= 15 is 0 Å². The Morgan fingerprint density at radius 2 is 1.88 bits per heavy atom. The Hall–Kier alpha value is -3.15. The van der Waals surface area contributed by atoms with Crippen molar-refractivity contribution in [2.75, 3.05) is 6.61 Å². The number of rotatable bonds is 8. The Morgan fingerprint density at radius 1 is 1.15 bits per heavy atom. The maximum absolute atomic E-state index is 12.2. The molecule has 0 bridgehead atoms. The highest BCUT2D eigenvalue weighted by Crippen LogP contribution is 2.16. The summed E-state index contributed by atoms with van der Waals surface area (Å²) >= 11 is 0. The van der Waals surface area contributed by atoms with E-state index in [9.17, 15) is 19.5 Å². The van der Waals surface area contributed by atoms with Crippen molar-refractivity contribution in [3.63, 3.8) is 0 Å². The topological polar surface area (TPSA) is 92.7 Å². The number of aliphatic carboxylic acids is 1. The van der Waals surface area contributed by atoms with Crippen LogP contribution in [0.15, 0.2) is 54.6 Å². The molecule has 6 heteroatoms. The predicted molar refractivity (Wildman–Crippen MR) is 97.6 cm³/mol. The number of fused-ring (bicyclic) bond motifs is 1. The first-order chi connectivity index (χ1) is 12.5. The molecule has 2 rings (SSSR count). The minimum atomic E-state index is -1.16. The second kappa shape index (κ2) is 9.36. The first kappa shape index (κ1) is 19.2. The van der Waals surface area contributed by atoms with E-state index in [-0.39, 0.29) is 19.4 Å². The number of hydrogen-bond acceptors (Lipinski definition) is 4. The first-order valence-electron chi connectivity index (χ1n) is 8.32. The number of benzene rings is 2. The van der Waals surface area contributed by atoms with Crippen molar-refractivity contribution >= 4 is 28.6 Å². The summed E-state index contributed by atoms with van der Waals surface area (Å²) in [5, 5.41) is 13.8. The van der Waals surface area contributed by atoms with Crippen molar-refractivity contribution in [1.82, 2.24) is 5.32 Å². The SMILES string of the molecule is CCOC(=O)/C=C/C[C@H](NC(=O)Cc1ccc2ccccc2c1)C(=O)O. The van der Waals surface area contributed by atoms with Crippen molar-refractivity contribution in [3.8, 4) is 0 Å². The van der Waals surface area contributed by atoms with Gasteiger partial charge in [0.15, 0.2) is 0 Å². The molecule has 0 spiro atoms. The maximum Gasteiger partial charge on any atom is 0.330 e. The van der Waals surface area contributed by atoms with Crippen molar-refractivity contribution in [1.29, 1.82) is 0 Å². The number of carbonyl (C=O) groups excluding carboxylic acids is 2. The summed E-state index contributed by atoms with van der Waals surface area (Å²) in [6, 6.07) is 12.4. The summed E-state index contributed by atoms with van der Waals surface area (Å²) in [4.78, 5) is 34.7. The molecule has 1 amide bonds. The van der Waals surface area contributed by atoms with Crippen LogP contribution < -0.4 is 5.32 Å². The van der Waals surface area contributed by atoms with Crippen molar-refractivity contribution < 1.29 is 24.2 Å². The van der Waals surface area contributed by atoms with Gasteiger partial charge in [0.05, 0.1) is 13.0 Å². The standard InChI is InChI=1S/C20H21NO5/c1-2-26-19(23)9-5-8-17(20(24)25)21-18(22)13-14-10-11-15-6-3-4-7-16(15)12-14/h3-7,9-12,17H,2,8,13H2,1H3,(H,21,22)(H,24,25)/b9-5+/t17-/m0/s1. The lowest BCUT2D eigenvalue weighted by molar-refractivity contribution is -0.141. The summed E-state index contributed by atoms with van der Waals surface area (Å²) in [6.07, 6.45) is 2.62. The normalized spacial score (nSPS) is 12.0. The summed E-state index contributed by atoms with van der Waals surface area (Å²) in [7, 11) is 0. The van der Waals surface area contributed by atoms with E-state index in [1.807, 2.05) is 42.5 Å². The molecule has 0 fully saturated rings.